The van der Waals surface area contributed by atoms with E-state index in [0.29, 0.717) is 58.5 Å². The molecule has 0 radical (unpaired) electrons. The van der Waals surface area contributed by atoms with E-state index in [4.69, 9.17) is 9.47 Å². The molecule has 1 fully saturated rings. The number of benzene rings is 2. The molecule has 4 bridgehead atoms. The highest BCUT2D eigenvalue weighted by Crippen LogP contribution is 2.40. The van der Waals surface area contributed by atoms with Crippen LogP contribution in [0.3, 0.4) is 0 Å². The molecule has 14 heteroatoms. The number of ether oxygens (including phenoxy) is 2. The molecule has 2 aromatic carbocycles. The minimum absolute atomic E-state index is 0.0990. The first kappa shape index (κ1) is 33.4. The zero-order valence-corrected chi connectivity index (χ0v) is 28.0. The third kappa shape index (κ3) is 7.32. The van der Waals surface area contributed by atoms with Crippen LogP contribution in [-0.2, 0) is 27.5 Å². The second kappa shape index (κ2) is 13.9. The topological polar surface area (TPSA) is 170 Å². The van der Waals surface area contributed by atoms with Crippen molar-refractivity contribution < 1.29 is 28.7 Å². The molecule has 1 saturated carbocycles. The molecule has 14 nitrogen and oxygen atoms in total. The lowest BCUT2D eigenvalue weighted by Crippen LogP contribution is -2.56. The van der Waals surface area contributed by atoms with Crippen molar-refractivity contribution in [3.05, 3.63) is 66.0 Å². The Kier molecular flexibility index (Phi) is 9.47. The lowest BCUT2D eigenvalue weighted by molar-refractivity contribution is -0.133. The molecular weight excluding hydrogens is 628 g/mol. The summed E-state index contributed by atoms with van der Waals surface area (Å²) >= 11 is 0. The van der Waals surface area contributed by atoms with Crippen LogP contribution in [0.1, 0.15) is 49.0 Å². The van der Waals surface area contributed by atoms with Crippen molar-refractivity contribution in [1.82, 2.24) is 40.8 Å². The van der Waals surface area contributed by atoms with Crippen molar-refractivity contribution >= 4 is 34.7 Å². The maximum atomic E-state index is 13.9. The Morgan fingerprint density at radius 1 is 1.00 bits per heavy atom. The molecule has 0 saturated heterocycles. The molecule has 2 aromatic heterocycles. The van der Waals surface area contributed by atoms with E-state index in [2.05, 4.69) is 31.1 Å². The van der Waals surface area contributed by atoms with Crippen molar-refractivity contribution in [2.75, 3.05) is 27.3 Å². The van der Waals surface area contributed by atoms with Crippen molar-refractivity contribution in [2.24, 2.45) is 5.92 Å². The van der Waals surface area contributed by atoms with E-state index in [1.807, 2.05) is 44.2 Å². The summed E-state index contributed by atoms with van der Waals surface area (Å²) in [7, 11) is 3.04. The van der Waals surface area contributed by atoms with Crippen molar-refractivity contribution in [3.8, 4) is 22.6 Å². The van der Waals surface area contributed by atoms with Crippen molar-refractivity contribution in [3.63, 3.8) is 0 Å². The molecule has 3 heterocycles. The third-order valence-corrected chi connectivity index (χ3v) is 8.73. The van der Waals surface area contributed by atoms with Gasteiger partial charge < -0.3 is 30.3 Å². The van der Waals surface area contributed by atoms with Gasteiger partial charge in [-0.25, -0.2) is 0 Å². The zero-order valence-electron chi connectivity index (χ0n) is 28.0. The monoisotopic (exact) mass is 668 g/mol. The minimum atomic E-state index is -1.12. The largest absolute Gasteiger partial charge is 0.493 e. The SMILES string of the molecule is COc1cc2cc(c1OC)-c1cncc(c1)C(=O)NC1(CC1)C(=O)N[C@H](CC(C)C)C(=O)NCCN(C(=O)Cn1nc3ccccc3n1)C2. The van der Waals surface area contributed by atoms with Gasteiger partial charge in [0.05, 0.1) is 19.8 Å². The second-order valence-corrected chi connectivity index (χ2v) is 12.9. The number of amides is 4. The summed E-state index contributed by atoms with van der Waals surface area (Å²) in [5, 5.41) is 17.6. The van der Waals surface area contributed by atoms with Gasteiger partial charge in [0.25, 0.3) is 5.91 Å². The highest BCUT2D eigenvalue weighted by atomic mass is 16.5. The van der Waals surface area contributed by atoms with Gasteiger partial charge in [0.2, 0.25) is 17.7 Å². The third-order valence-electron chi connectivity index (χ3n) is 8.73. The Balaban J connectivity index is 1.39. The predicted molar refractivity (Wildman–Crippen MR) is 180 cm³/mol. The number of nitrogens with zero attached hydrogens (tertiary/aromatic N) is 5. The normalized spacial score (nSPS) is 17.9. The molecule has 49 heavy (non-hydrogen) atoms. The summed E-state index contributed by atoms with van der Waals surface area (Å²) in [6.45, 7) is 4.23. The van der Waals surface area contributed by atoms with Crippen LogP contribution in [0.2, 0.25) is 0 Å². The summed E-state index contributed by atoms with van der Waals surface area (Å²) in [6, 6.07) is 11.8. The lowest BCUT2D eigenvalue weighted by Gasteiger charge is -2.26. The molecule has 1 aliphatic heterocycles. The first-order valence-electron chi connectivity index (χ1n) is 16.3. The lowest BCUT2D eigenvalue weighted by atomic mass is 10.00. The molecule has 3 N–H and O–H groups in total. The fourth-order valence-corrected chi connectivity index (χ4v) is 6.01. The Hall–Kier alpha value is -5.53. The quantitative estimate of drug-likeness (QED) is 0.279. The minimum Gasteiger partial charge on any atom is -0.493 e. The number of fused-ring (bicyclic) bond motifs is 6. The van der Waals surface area contributed by atoms with Gasteiger partial charge in [0, 0.05) is 43.2 Å². The smallest absolute Gasteiger partial charge is 0.253 e. The van der Waals surface area contributed by atoms with E-state index in [9.17, 15) is 19.2 Å². The van der Waals surface area contributed by atoms with Crippen LogP contribution in [0.25, 0.3) is 22.2 Å². The summed E-state index contributed by atoms with van der Waals surface area (Å²) in [4.78, 5) is 61.7. The Morgan fingerprint density at radius 2 is 1.71 bits per heavy atom. The van der Waals surface area contributed by atoms with Crippen LogP contribution in [0.5, 0.6) is 11.5 Å². The highest BCUT2D eigenvalue weighted by Gasteiger charge is 2.52. The van der Waals surface area contributed by atoms with Gasteiger partial charge in [-0.3, -0.25) is 24.2 Å². The van der Waals surface area contributed by atoms with E-state index in [-0.39, 0.29) is 49.5 Å². The number of rotatable bonds is 6. The van der Waals surface area contributed by atoms with Crippen molar-refractivity contribution in [2.45, 2.75) is 57.8 Å². The van der Waals surface area contributed by atoms with E-state index in [1.54, 1.807) is 23.2 Å². The Bertz CT molecular complexity index is 1870. The number of carbonyl (C=O) groups excluding carboxylic acids is 4. The van der Waals surface area contributed by atoms with Gasteiger partial charge in [0.15, 0.2) is 11.5 Å². The van der Waals surface area contributed by atoms with Crippen LogP contribution in [0.15, 0.2) is 54.9 Å². The first-order valence-corrected chi connectivity index (χ1v) is 16.3. The maximum Gasteiger partial charge on any atom is 0.253 e. The van der Waals surface area contributed by atoms with Crippen molar-refractivity contribution in [1.29, 1.82) is 0 Å². The molecule has 6 rings (SSSR count). The summed E-state index contributed by atoms with van der Waals surface area (Å²) in [5.41, 5.74) is 2.35. The van der Waals surface area contributed by atoms with Crippen LogP contribution in [0.4, 0.5) is 0 Å². The highest BCUT2D eigenvalue weighted by molar-refractivity contribution is 6.02. The van der Waals surface area contributed by atoms with Crippen LogP contribution in [0, 0.1) is 5.92 Å². The molecule has 1 atom stereocenters. The number of hydrogen-bond donors (Lipinski definition) is 3. The number of nitrogens with one attached hydrogen (secondary N) is 3. The molecule has 4 amide bonds. The van der Waals surface area contributed by atoms with Gasteiger partial charge in [-0.2, -0.15) is 15.0 Å². The van der Waals surface area contributed by atoms with Crippen LogP contribution in [-0.4, -0.2) is 87.4 Å². The zero-order chi connectivity index (χ0) is 34.7. The van der Waals surface area contributed by atoms with E-state index < -0.39 is 23.4 Å². The molecule has 4 aromatic rings. The van der Waals surface area contributed by atoms with E-state index in [0.717, 1.165) is 0 Å². The molecular formula is C35H40N8O6. The number of hydrogen-bond acceptors (Lipinski definition) is 9. The first-order chi connectivity index (χ1) is 23.6. The Morgan fingerprint density at radius 3 is 2.37 bits per heavy atom. The van der Waals surface area contributed by atoms with Crippen LogP contribution < -0.4 is 25.4 Å². The van der Waals surface area contributed by atoms with E-state index in [1.165, 1.54) is 25.2 Å². The molecule has 256 valence electrons. The maximum absolute atomic E-state index is 13.9. The number of pyridine rings is 1. The fourth-order valence-electron chi connectivity index (χ4n) is 6.01. The molecule has 2 aliphatic rings. The van der Waals surface area contributed by atoms with Crippen LogP contribution >= 0.6 is 0 Å². The fraction of sp³-hybridized carbons (Fsp3) is 0.400. The van der Waals surface area contributed by atoms with Gasteiger partial charge in [0.1, 0.15) is 29.2 Å². The number of carbonyl (C=O) groups is 4. The second-order valence-electron chi connectivity index (χ2n) is 12.9. The summed E-state index contributed by atoms with van der Waals surface area (Å²) in [5.74, 6) is -0.585. The van der Waals surface area contributed by atoms with Gasteiger partial charge in [-0.1, -0.05) is 26.0 Å². The van der Waals surface area contributed by atoms with Gasteiger partial charge in [-0.05, 0) is 61.1 Å². The van der Waals surface area contributed by atoms with Gasteiger partial charge >= 0.3 is 0 Å². The average molecular weight is 669 g/mol. The summed E-state index contributed by atoms with van der Waals surface area (Å²) < 4.78 is 11.4. The predicted octanol–water partition coefficient (Wildman–Crippen LogP) is 2.46. The molecule has 0 unspecified atom stereocenters. The molecule has 1 spiro atoms. The number of methoxy groups -OCH3 is 2. The standard InChI is InChI=1S/C35H40N8O6/c1-21(2)13-28-33(46)37-11-12-42(30(44)20-43-40-26-7-5-6-8-27(26)41-43)19-22-14-25(31(49-4)29(15-22)48-3)23-16-24(18-36-17-23)32(45)39-35(9-10-35)34(47)38-28/h5-8,14-18,21,28H,9-13,19-20H2,1-4H3,(H,37,46)(H,38,47)(H,39,45)/t28-/m1/s1. The van der Waals surface area contributed by atoms with E-state index >= 15 is 0 Å². The average Bonchev–Trinajstić information content (AvgIpc) is 3.76. The Labute approximate surface area is 283 Å². The number of aromatic nitrogens is 4. The summed E-state index contributed by atoms with van der Waals surface area (Å²) in [6.07, 6.45) is 4.32. The molecule has 1 aliphatic carbocycles. The van der Waals surface area contributed by atoms with Gasteiger partial charge in [-0.15, -0.1) is 0 Å².